The summed E-state index contributed by atoms with van der Waals surface area (Å²) >= 11 is 0. The molecular formula is C14H25ClN2. The Bertz CT molecular complexity index is 294. The van der Waals surface area contributed by atoms with Crippen molar-refractivity contribution in [3.05, 3.63) is 29.8 Å². The van der Waals surface area contributed by atoms with Crippen LogP contribution in [0, 0.1) is 5.92 Å². The van der Waals surface area contributed by atoms with Crippen molar-refractivity contribution in [2.24, 2.45) is 5.92 Å². The topological polar surface area (TPSA) is 15.3 Å². The molecule has 0 saturated heterocycles. The van der Waals surface area contributed by atoms with E-state index in [2.05, 4.69) is 62.4 Å². The van der Waals surface area contributed by atoms with E-state index in [4.69, 9.17) is 0 Å². The van der Waals surface area contributed by atoms with Gasteiger partial charge in [0, 0.05) is 26.3 Å². The zero-order valence-electron chi connectivity index (χ0n) is 11.4. The molecule has 2 nitrogen and oxygen atoms in total. The smallest absolute Gasteiger partial charge is 0.0361 e. The number of rotatable bonds is 6. The number of benzene rings is 1. The number of nitrogens with one attached hydrogen (secondary N) is 1. The zero-order chi connectivity index (χ0) is 12.0. The van der Waals surface area contributed by atoms with Crippen molar-refractivity contribution in [3.63, 3.8) is 0 Å². The van der Waals surface area contributed by atoms with Crippen molar-refractivity contribution in [1.29, 1.82) is 0 Å². The molecule has 1 aromatic carbocycles. The monoisotopic (exact) mass is 256 g/mol. The van der Waals surface area contributed by atoms with Gasteiger partial charge in [-0.3, -0.25) is 0 Å². The molecular weight excluding hydrogens is 232 g/mol. The van der Waals surface area contributed by atoms with Gasteiger partial charge in [-0.15, -0.1) is 12.4 Å². The van der Waals surface area contributed by atoms with E-state index in [-0.39, 0.29) is 12.4 Å². The third kappa shape index (κ3) is 6.54. The highest BCUT2D eigenvalue weighted by Gasteiger charge is 1.97. The number of hydrogen-bond acceptors (Lipinski definition) is 2. The minimum atomic E-state index is 0. The summed E-state index contributed by atoms with van der Waals surface area (Å²) in [6.45, 7) is 6.59. The van der Waals surface area contributed by atoms with Crippen molar-refractivity contribution in [2.75, 3.05) is 25.5 Å². The Kier molecular flexibility index (Phi) is 8.01. The Morgan fingerprint density at radius 1 is 1.12 bits per heavy atom. The van der Waals surface area contributed by atoms with Crippen LogP contribution < -0.4 is 10.2 Å². The maximum absolute atomic E-state index is 3.47. The van der Waals surface area contributed by atoms with Crippen LogP contribution in [0.4, 0.5) is 5.69 Å². The lowest BCUT2D eigenvalue weighted by Crippen LogP contribution is -2.16. The molecule has 3 heteroatoms. The van der Waals surface area contributed by atoms with Crippen molar-refractivity contribution in [1.82, 2.24) is 5.32 Å². The van der Waals surface area contributed by atoms with E-state index >= 15 is 0 Å². The first-order valence-corrected chi connectivity index (χ1v) is 6.06. The fraction of sp³-hybridized carbons (Fsp3) is 0.571. The number of hydrogen-bond donors (Lipinski definition) is 1. The highest BCUT2D eigenvalue weighted by atomic mass is 35.5. The number of anilines is 1. The average molecular weight is 257 g/mol. The molecule has 0 atom stereocenters. The van der Waals surface area contributed by atoms with Gasteiger partial charge >= 0.3 is 0 Å². The predicted octanol–water partition coefficient (Wildman–Crippen LogP) is 3.31. The lowest BCUT2D eigenvalue weighted by atomic mass is 10.1. The molecule has 0 heterocycles. The molecule has 0 saturated carbocycles. The Balaban J connectivity index is 0.00000256. The molecule has 0 unspecified atom stereocenters. The van der Waals surface area contributed by atoms with E-state index in [9.17, 15) is 0 Å². The largest absolute Gasteiger partial charge is 0.378 e. The molecule has 0 spiro atoms. The third-order valence-corrected chi connectivity index (χ3v) is 2.68. The molecule has 1 rings (SSSR count). The fourth-order valence-electron chi connectivity index (χ4n) is 1.54. The molecule has 17 heavy (non-hydrogen) atoms. The lowest BCUT2D eigenvalue weighted by molar-refractivity contribution is 0.537. The van der Waals surface area contributed by atoms with Crippen molar-refractivity contribution < 1.29 is 0 Å². The van der Waals surface area contributed by atoms with Gasteiger partial charge in [-0.1, -0.05) is 26.0 Å². The fourth-order valence-corrected chi connectivity index (χ4v) is 1.54. The second-order valence-corrected chi connectivity index (χ2v) is 4.92. The first-order chi connectivity index (χ1) is 7.59. The molecule has 0 aliphatic rings. The summed E-state index contributed by atoms with van der Waals surface area (Å²) < 4.78 is 0. The Morgan fingerprint density at radius 2 is 1.71 bits per heavy atom. The van der Waals surface area contributed by atoms with Crippen LogP contribution >= 0.6 is 12.4 Å². The second kappa shape index (κ2) is 8.37. The molecule has 0 aromatic heterocycles. The van der Waals surface area contributed by atoms with Gasteiger partial charge in [0.1, 0.15) is 0 Å². The lowest BCUT2D eigenvalue weighted by Gasteiger charge is -2.13. The van der Waals surface area contributed by atoms with Crippen LogP contribution in [0.15, 0.2) is 24.3 Å². The van der Waals surface area contributed by atoms with Gasteiger partial charge in [-0.25, -0.2) is 0 Å². The summed E-state index contributed by atoms with van der Waals surface area (Å²) in [7, 11) is 4.13. The minimum Gasteiger partial charge on any atom is -0.378 e. The molecule has 0 radical (unpaired) electrons. The van der Waals surface area contributed by atoms with Crippen LogP contribution in [0.25, 0.3) is 0 Å². The van der Waals surface area contributed by atoms with E-state index in [1.165, 1.54) is 17.7 Å². The highest BCUT2D eigenvalue weighted by molar-refractivity contribution is 5.85. The van der Waals surface area contributed by atoms with Crippen molar-refractivity contribution >= 4 is 18.1 Å². The predicted molar refractivity (Wildman–Crippen MR) is 79.2 cm³/mol. The summed E-state index contributed by atoms with van der Waals surface area (Å²) in [5.41, 5.74) is 2.61. The van der Waals surface area contributed by atoms with Gasteiger partial charge in [-0.05, 0) is 36.6 Å². The first-order valence-electron chi connectivity index (χ1n) is 6.06. The quantitative estimate of drug-likeness (QED) is 0.786. The number of halogens is 1. The van der Waals surface area contributed by atoms with Gasteiger partial charge in [0.25, 0.3) is 0 Å². The van der Waals surface area contributed by atoms with Crippen LogP contribution in [-0.4, -0.2) is 20.6 Å². The molecule has 1 aromatic rings. The maximum Gasteiger partial charge on any atom is 0.0361 e. The van der Waals surface area contributed by atoms with Gasteiger partial charge in [0.2, 0.25) is 0 Å². The standard InChI is InChI=1S/C14H24N2.ClH/c1-12(2)9-10-15-11-13-5-7-14(8-6-13)16(3)4;/h5-8,12,15H,9-11H2,1-4H3;1H. The van der Waals surface area contributed by atoms with Crippen molar-refractivity contribution in [2.45, 2.75) is 26.8 Å². The Labute approximate surface area is 112 Å². The Morgan fingerprint density at radius 3 is 2.18 bits per heavy atom. The second-order valence-electron chi connectivity index (χ2n) is 4.92. The van der Waals surface area contributed by atoms with Crippen LogP contribution in [0.2, 0.25) is 0 Å². The molecule has 98 valence electrons. The number of nitrogens with zero attached hydrogens (tertiary/aromatic N) is 1. The van der Waals surface area contributed by atoms with E-state index in [1.54, 1.807) is 0 Å². The molecule has 0 amide bonds. The summed E-state index contributed by atoms with van der Waals surface area (Å²) in [6, 6.07) is 8.72. The zero-order valence-corrected chi connectivity index (χ0v) is 12.2. The van der Waals surface area contributed by atoms with Gasteiger partial charge in [0.15, 0.2) is 0 Å². The van der Waals surface area contributed by atoms with Crippen molar-refractivity contribution in [3.8, 4) is 0 Å². The molecule has 0 aliphatic heterocycles. The van der Waals surface area contributed by atoms with Crippen LogP contribution in [0.1, 0.15) is 25.8 Å². The molecule has 1 N–H and O–H groups in total. The van der Waals surface area contributed by atoms with Crippen LogP contribution in [0.3, 0.4) is 0 Å². The van der Waals surface area contributed by atoms with Gasteiger partial charge in [-0.2, -0.15) is 0 Å². The maximum atomic E-state index is 3.47. The van der Waals surface area contributed by atoms with E-state index in [1.807, 2.05) is 0 Å². The first kappa shape index (κ1) is 16.3. The van der Waals surface area contributed by atoms with E-state index in [0.717, 1.165) is 19.0 Å². The molecule has 0 aliphatic carbocycles. The molecule has 0 bridgehead atoms. The van der Waals surface area contributed by atoms with Crippen LogP contribution in [0.5, 0.6) is 0 Å². The van der Waals surface area contributed by atoms with Crippen LogP contribution in [-0.2, 0) is 6.54 Å². The third-order valence-electron chi connectivity index (χ3n) is 2.68. The highest BCUT2D eigenvalue weighted by Crippen LogP contribution is 2.11. The van der Waals surface area contributed by atoms with Gasteiger partial charge in [0.05, 0.1) is 0 Å². The minimum absolute atomic E-state index is 0. The summed E-state index contributed by atoms with van der Waals surface area (Å²) in [4.78, 5) is 2.12. The van der Waals surface area contributed by atoms with E-state index < -0.39 is 0 Å². The van der Waals surface area contributed by atoms with Gasteiger partial charge < -0.3 is 10.2 Å². The summed E-state index contributed by atoms with van der Waals surface area (Å²) in [5.74, 6) is 0.781. The Hall–Kier alpha value is -0.730. The average Bonchev–Trinajstić information content (AvgIpc) is 2.25. The normalized spacial score (nSPS) is 10.2. The summed E-state index contributed by atoms with van der Waals surface area (Å²) in [5, 5.41) is 3.47. The summed E-state index contributed by atoms with van der Waals surface area (Å²) in [6.07, 6.45) is 1.25. The molecule has 0 fully saturated rings. The van der Waals surface area contributed by atoms with E-state index in [0.29, 0.717) is 0 Å². The SMILES string of the molecule is CC(C)CCNCc1ccc(N(C)C)cc1.Cl.